The molecule has 1 saturated carbocycles. The molecule has 0 heterocycles. The lowest BCUT2D eigenvalue weighted by atomic mass is 9.88. The van der Waals surface area contributed by atoms with E-state index in [-0.39, 0.29) is 11.8 Å². The zero-order valence-corrected chi connectivity index (χ0v) is 16.4. The molecular formula is C25H29NO. The summed E-state index contributed by atoms with van der Waals surface area (Å²) < 4.78 is 0. The Kier molecular flexibility index (Phi) is 6.64. The van der Waals surface area contributed by atoms with E-state index in [4.69, 9.17) is 0 Å². The van der Waals surface area contributed by atoms with Crippen LogP contribution in [0, 0.1) is 5.92 Å². The summed E-state index contributed by atoms with van der Waals surface area (Å²) in [5, 5.41) is 2.29. The number of amides is 1. The molecule has 3 aromatic carbocycles. The van der Waals surface area contributed by atoms with Gasteiger partial charge in [0.25, 0.3) is 0 Å². The van der Waals surface area contributed by atoms with Crippen LogP contribution in [0.4, 0.5) is 11.4 Å². The van der Waals surface area contributed by atoms with Crippen molar-refractivity contribution >= 4 is 28.1 Å². The highest BCUT2D eigenvalue weighted by atomic mass is 16.2. The van der Waals surface area contributed by atoms with Crippen LogP contribution in [0.15, 0.2) is 72.8 Å². The third-order valence-corrected chi connectivity index (χ3v) is 5.20. The number of anilines is 2. The summed E-state index contributed by atoms with van der Waals surface area (Å²) in [6.45, 7) is 4.00. The number of hydrogen-bond donors (Lipinski definition) is 0. The molecule has 1 fully saturated rings. The molecule has 140 valence electrons. The van der Waals surface area contributed by atoms with Gasteiger partial charge in [-0.15, -0.1) is 0 Å². The predicted octanol–water partition coefficient (Wildman–Crippen LogP) is 7.11. The van der Waals surface area contributed by atoms with Gasteiger partial charge in [0, 0.05) is 17.0 Å². The Balaban J connectivity index is 0.00000102. The van der Waals surface area contributed by atoms with Gasteiger partial charge in [-0.05, 0) is 36.4 Å². The monoisotopic (exact) mass is 359 g/mol. The minimum absolute atomic E-state index is 0.132. The summed E-state index contributed by atoms with van der Waals surface area (Å²) >= 11 is 0. The molecule has 0 unspecified atom stereocenters. The van der Waals surface area contributed by atoms with Crippen LogP contribution in [0.1, 0.15) is 46.0 Å². The normalized spacial score (nSPS) is 14.3. The largest absolute Gasteiger partial charge is 0.280 e. The van der Waals surface area contributed by atoms with Crippen molar-refractivity contribution in [3.05, 3.63) is 72.8 Å². The Bertz CT molecular complexity index is 860. The Morgan fingerprint density at radius 1 is 0.778 bits per heavy atom. The molecule has 4 rings (SSSR count). The number of fused-ring (bicyclic) bond motifs is 1. The van der Waals surface area contributed by atoms with Crippen molar-refractivity contribution < 1.29 is 4.79 Å². The van der Waals surface area contributed by atoms with Gasteiger partial charge in [0.2, 0.25) is 5.91 Å². The third-order valence-electron chi connectivity index (χ3n) is 5.20. The van der Waals surface area contributed by atoms with E-state index in [1.54, 1.807) is 0 Å². The van der Waals surface area contributed by atoms with Crippen molar-refractivity contribution in [3.8, 4) is 0 Å². The van der Waals surface area contributed by atoms with Gasteiger partial charge in [-0.3, -0.25) is 9.69 Å². The fourth-order valence-corrected chi connectivity index (χ4v) is 3.90. The summed E-state index contributed by atoms with van der Waals surface area (Å²) in [5.41, 5.74) is 1.94. The summed E-state index contributed by atoms with van der Waals surface area (Å²) in [4.78, 5) is 15.4. The van der Waals surface area contributed by atoms with Crippen LogP contribution in [0.5, 0.6) is 0 Å². The first-order valence-corrected chi connectivity index (χ1v) is 10.2. The summed E-state index contributed by atoms with van der Waals surface area (Å²) in [5.74, 6) is 0.371. The lowest BCUT2D eigenvalue weighted by molar-refractivity contribution is -0.122. The van der Waals surface area contributed by atoms with Gasteiger partial charge in [0.05, 0.1) is 5.69 Å². The zero-order valence-electron chi connectivity index (χ0n) is 16.4. The maximum Gasteiger partial charge on any atom is 0.234 e. The lowest BCUT2D eigenvalue weighted by Crippen LogP contribution is -2.33. The van der Waals surface area contributed by atoms with Crippen LogP contribution in [0.25, 0.3) is 10.8 Å². The summed E-state index contributed by atoms with van der Waals surface area (Å²) in [6, 6.07) is 24.6. The molecule has 3 aromatic rings. The van der Waals surface area contributed by atoms with E-state index in [0.717, 1.165) is 47.8 Å². The van der Waals surface area contributed by atoms with Crippen LogP contribution >= 0.6 is 0 Å². The van der Waals surface area contributed by atoms with Crippen LogP contribution in [0.3, 0.4) is 0 Å². The molecular weight excluding hydrogens is 330 g/mol. The van der Waals surface area contributed by atoms with Gasteiger partial charge in [-0.2, -0.15) is 0 Å². The standard InChI is InChI=1S/C23H23NO.C2H6/c25-23(19-11-3-1-4-12-19)24(20-14-5-2-6-15-20)22-17-9-13-18-10-7-8-16-21(18)22;1-2/h2,5-10,13-17,19H,1,3-4,11-12H2;1-2H3. The molecule has 0 atom stereocenters. The minimum Gasteiger partial charge on any atom is -0.280 e. The quantitative estimate of drug-likeness (QED) is 0.488. The van der Waals surface area contributed by atoms with E-state index in [1.807, 2.05) is 67.3 Å². The molecule has 0 aromatic heterocycles. The first kappa shape index (κ1) is 19.2. The van der Waals surface area contributed by atoms with Gasteiger partial charge in [-0.1, -0.05) is 87.7 Å². The van der Waals surface area contributed by atoms with Crippen molar-refractivity contribution in [3.63, 3.8) is 0 Å². The van der Waals surface area contributed by atoms with Gasteiger partial charge < -0.3 is 0 Å². The first-order chi connectivity index (χ1) is 13.3. The van der Waals surface area contributed by atoms with Crippen LogP contribution < -0.4 is 4.90 Å². The smallest absolute Gasteiger partial charge is 0.234 e. The second kappa shape index (κ2) is 9.36. The van der Waals surface area contributed by atoms with Crippen LogP contribution in [0.2, 0.25) is 0 Å². The Hall–Kier alpha value is -2.61. The van der Waals surface area contributed by atoms with Crippen LogP contribution in [-0.2, 0) is 4.79 Å². The molecule has 2 nitrogen and oxygen atoms in total. The van der Waals surface area contributed by atoms with Crippen molar-refractivity contribution in [2.24, 2.45) is 5.92 Å². The molecule has 1 amide bonds. The molecule has 27 heavy (non-hydrogen) atoms. The number of carbonyl (C=O) groups is 1. The average Bonchev–Trinajstić information content (AvgIpc) is 2.77. The van der Waals surface area contributed by atoms with E-state index < -0.39 is 0 Å². The zero-order chi connectivity index (χ0) is 19.1. The van der Waals surface area contributed by atoms with Crippen molar-refractivity contribution in [1.82, 2.24) is 0 Å². The fraction of sp³-hybridized carbons (Fsp3) is 0.320. The molecule has 0 spiro atoms. The first-order valence-electron chi connectivity index (χ1n) is 10.2. The SMILES string of the molecule is CC.O=C(C1CCCCC1)N(c1ccccc1)c1cccc2ccccc12. The Morgan fingerprint density at radius 3 is 2.15 bits per heavy atom. The lowest BCUT2D eigenvalue weighted by Gasteiger charge is -2.30. The maximum absolute atomic E-state index is 13.5. The molecule has 0 bridgehead atoms. The predicted molar refractivity (Wildman–Crippen MR) is 115 cm³/mol. The minimum atomic E-state index is 0.132. The molecule has 0 saturated heterocycles. The average molecular weight is 360 g/mol. The molecule has 2 heteroatoms. The van der Waals surface area contributed by atoms with Crippen molar-refractivity contribution in [2.45, 2.75) is 46.0 Å². The second-order valence-electron chi connectivity index (χ2n) is 6.84. The Labute approximate surface area is 162 Å². The number of nitrogens with zero attached hydrogens (tertiary/aromatic N) is 1. The molecule has 1 aliphatic carbocycles. The third kappa shape index (κ3) is 4.21. The number of hydrogen-bond acceptors (Lipinski definition) is 1. The summed E-state index contributed by atoms with van der Waals surface area (Å²) in [6.07, 6.45) is 5.59. The Morgan fingerprint density at radius 2 is 1.41 bits per heavy atom. The topological polar surface area (TPSA) is 20.3 Å². The van der Waals surface area contributed by atoms with Crippen LogP contribution in [-0.4, -0.2) is 5.91 Å². The van der Waals surface area contributed by atoms with E-state index in [9.17, 15) is 4.79 Å². The van der Waals surface area contributed by atoms with Gasteiger partial charge in [-0.25, -0.2) is 0 Å². The highest BCUT2D eigenvalue weighted by Gasteiger charge is 2.28. The maximum atomic E-state index is 13.5. The van der Waals surface area contributed by atoms with E-state index in [0.29, 0.717) is 0 Å². The van der Waals surface area contributed by atoms with Crippen molar-refractivity contribution in [1.29, 1.82) is 0 Å². The number of para-hydroxylation sites is 1. The molecule has 0 aliphatic heterocycles. The van der Waals surface area contributed by atoms with E-state index in [1.165, 1.54) is 6.42 Å². The van der Waals surface area contributed by atoms with Gasteiger partial charge in [0.1, 0.15) is 0 Å². The van der Waals surface area contributed by atoms with Crippen molar-refractivity contribution in [2.75, 3.05) is 4.90 Å². The van der Waals surface area contributed by atoms with E-state index >= 15 is 0 Å². The molecule has 0 radical (unpaired) electrons. The van der Waals surface area contributed by atoms with E-state index in [2.05, 4.69) is 24.3 Å². The second-order valence-corrected chi connectivity index (χ2v) is 6.84. The fourth-order valence-electron chi connectivity index (χ4n) is 3.90. The molecule has 1 aliphatic rings. The number of benzene rings is 3. The number of rotatable bonds is 3. The summed E-state index contributed by atoms with van der Waals surface area (Å²) in [7, 11) is 0. The highest BCUT2D eigenvalue weighted by Crippen LogP contribution is 2.36. The number of carbonyl (C=O) groups excluding carboxylic acids is 1. The van der Waals surface area contributed by atoms with Gasteiger partial charge >= 0.3 is 0 Å². The molecule has 0 N–H and O–H groups in total. The van der Waals surface area contributed by atoms with Gasteiger partial charge in [0.15, 0.2) is 0 Å². The highest BCUT2D eigenvalue weighted by molar-refractivity contribution is 6.09.